The van der Waals surface area contributed by atoms with Gasteiger partial charge in [0.2, 0.25) is 6.79 Å². The molecule has 1 amide bonds. The van der Waals surface area contributed by atoms with Crippen molar-refractivity contribution in [3.8, 4) is 17.2 Å². The number of hydrogen-bond acceptors (Lipinski definition) is 7. The van der Waals surface area contributed by atoms with E-state index in [0.29, 0.717) is 54.5 Å². The van der Waals surface area contributed by atoms with E-state index >= 15 is 0 Å². The predicted molar refractivity (Wildman–Crippen MR) is 129 cm³/mol. The van der Waals surface area contributed by atoms with Gasteiger partial charge in [0, 0.05) is 30.6 Å². The third kappa shape index (κ3) is 5.74. The molecule has 0 N–H and O–H groups in total. The molecule has 0 unspecified atom stereocenters. The number of amides is 1. The van der Waals surface area contributed by atoms with Crippen molar-refractivity contribution in [3.05, 3.63) is 99.4 Å². The standard InChI is InChI=1S/C27H25FN2O7/c28-22-6-4-19(5-7-22)24-10-11-29(27(31)20-3-1-2-18(12-20)15-37-30(32)33)14-21(24)16-34-23-8-9-25-26(13-23)36-17-35-25/h1-9,12-13,21,24H,10-11,14-17H2/t21-,24-/m0/s1. The lowest BCUT2D eigenvalue weighted by Crippen LogP contribution is -2.45. The lowest BCUT2D eigenvalue weighted by atomic mass is 9.80. The number of halogens is 1. The van der Waals surface area contributed by atoms with Crippen LogP contribution in [-0.2, 0) is 11.4 Å². The predicted octanol–water partition coefficient (Wildman–Crippen LogP) is 4.59. The summed E-state index contributed by atoms with van der Waals surface area (Å²) in [5, 5.41) is 9.66. The Labute approximate surface area is 212 Å². The fourth-order valence-electron chi connectivity index (χ4n) is 4.81. The van der Waals surface area contributed by atoms with Crippen LogP contribution in [0.25, 0.3) is 0 Å². The van der Waals surface area contributed by atoms with Crippen molar-refractivity contribution >= 4 is 5.91 Å². The lowest BCUT2D eigenvalue weighted by Gasteiger charge is -2.39. The number of hydrogen-bond donors (Lipinski definition) is 0. The quantitative estimate of drug-likeness (QED) is 0.324. The van der Waals surface area contributed by atoms with Gasteiger partial charge in [-0.1, -0.05) is 24.3 Å². The van der Waals surface area contributed by atoms with E-state index in [1.165, 1.54) is 12.1 Å². The van der Waals surface area contributed by atoms with Crippen molar-refractivity contribution in [1.82, 2.24) is 4.90 Å². The van der Waals surface area contributed by atoms with Crippen molar-refractivity contribution < 1.29 is 33.3 Å². The Morgan fingerprint density at radius 3 is 2.70 bits per heavy atom. The molecule has 2 atom stereocenters. The zero-order valence-corrected chi connectivity index (χ0v) is 19.9. The van der Waals surface area contributed by atoms with Crippen LogP contribution in [0.4, 0.5) is 4.39 Å². The summed E-state index contributed by atoms with van der Waals surface area (Å²) in [5.74, 6) is 1.45. The first-order chi connectivity index (χ1) is 18.0. The molecule has 192 valence electrons. The molecule has 2 aliphatic heterocycles. The molecule has 2 aliphatic rings. The summed E-state index contributed by atoms with van der Waals surface area (Å²) in [4.78, 5) is 30.1. The molecule has 3 aromatic rings. The van der Waals surface area contributed by atoms with Crippen molar-refractivity contribution in [2.75, 3.05) is 26.5 Å². The Kier molecular flexibility index (Phi) is 7.07. The normalized spacial score (nSPS) is 18.4. The Balaban J connectivity index is 1.32. The summed E-state index contributed by atoms with van der Waals surface area (Å²) in [7, 11) is 0. The number of carbonyl (C=O) groups excluding carboxylic acids is 1. The van der Waals surface area contributed by atoms with Gasteiger partial charge in [-0.15, -0.1) is 10.1 Å². The van der Waals surface area contributed by atoms with Gasteiger partial charge in [0.25, 0.3) is 11.0 Å². The maximum atomic E-state index is 13.6. The number of rotatable bonds is 8. The Hall–Kier alpha value is -4.34. The van der Waals surface area contributed by atoms with E-state index in [4.69, 9.17) is 14.2 Å². The van der Waals surface area contributed by atoms with E-state index in [-0.39, 0.29) is 37.0 Å². The Bertz CT molecular complexity index is 1280. The topological polar surface area (TPSA) is 100 Å². The molecule has 1 fully saturated rings. The summed E-state index contributed by atoms with van der Waals surface area (Å²) in [6.07, 6.45) is 0.677. The van der Waals surface area contributed by atoms with E-state index < -0.39 is 5.09 Å². The summed E-state index contributed by atoms with van der Waals surface area (Å²) in [5.41, 5.74) is 1.96. The van der Waals surface area contributed by atoms with Gasteiger partial charge in [0.05, 0.1) is 6.61 Å². The van der Waals surface area contributed by atoms with Crippen LogP contribution < -0.4 is 14.2 Å². The molecule has 9 nitrogen and oxygen atoms in total. The van der Waals surface area contributed by atoms with Crippen LogP contribution in [-0.4, -0.2) is 42.4 Å². The van der Waals surface area contributed by atoms with Gasteiger partial charge in [0.15, 0.2) is 11.5 Å². The third-order valence-electron chi connectivity index (χ3n) is 6.64. The molecule has 1 saturated heterocycles. The minimum Gasteiger partial charge on any atom is -0.493 e. The molecule has 10 heteroatoms. The molecule has 0 bridgehead atoms. The molecule has 0 radical (unpaired) electrons. The molecule has 3 aromatic carbocycles. The van der Waals surface area contributed by atoms with Crippen molar-refractivity contribution in [3.63, 3.8) is 0 Å². The third-order valence-corrected chi connectivity index (χ3v) is 6.64. The Morgan fingerprint density at radius 2 is 1.89 bits per heavy atom. The number of piperidine rings is 1. The second kappa shape index (κ2) is 10.7. The minimum absolute atomic E-state index is 0.0606. The van der Waals surface area contributed by atoms with Crippen LogP contribution in [0.2, 0.25) is 0 Å². The van der Waals surface area contributed by atoms with Crippen molar-refractivity contribution in [2.24, 2.45) is 5.92 Å². The van der Waals surface area contributed by atoms with Gasteiger partial charge in [-0.2, -0.15) is 0 Å². The van der Waals surface area contributed by atoms with Crippen LogP contribution >= 0.6 is 0 Å². The maximum absolute atomic E-state index is 13.6. The highest BCUT2D eigenvalue weighted by atomic mass is 19.1. The van der Waals surface area contributed by atoms with Crippen LogP contribution in [0, 0.1) is 21.8 Å². The second-order valence-electron chi connectivity index (χ2n) is 8.98. The molecule has 37 heavy (non-hydrogen) atoms. The fourth-order valence-corrected chi connectivity index (χ4v) is 4.81. The number of carbonyl (C=O) groups is 1. The molecule has 0 aliphatic carbocycles. The van der Waals surface area contributed by atoms with Gasteiger partial charge < -0.3 is 23.9 Å². The maximum Gasteiger partial charge on any atom is 0.294 e. The molecular formula is C27H25FN2O7. The number of nitrogens with zero attached hydrogens (tertiary/aromatic N) is 2. The van der Waals surface area contributed by atoms with Gasteiger partial charge in [-0.3, -0.25) is 4.79 Å². The van der Waals surface area contributed by atoms with Gasteiger partial charge in [-0.25, -0.2) is 4.39 Å². The van der Waals surface area contributed by atoms with Crippen LogP contribution in [0.1, 0.15) is 33.8 Å². The van der Waals surface area contributed by atoms with Gasteiger partial charge >= 0.3 is 0 Å². The zero-order chi connectivity index (χ0) is 25.8. The first-order valence-electron chi connectivity index (χ1n) is 11.9. The summed E-state index contributed by atoms with van der Waals surface area (Å²) in [6.45, 7) is 1.22. The van der Waals surface area contributed by atoms with E-state index in [1.807, 2.05) is 6.07 Å². The van der Waals surface area contributed by atoms with E-state index in [0.717, 1.165) is 5.56 Å². The average Bonchev–Trinajstić information content (AvgIpc) is 3.39. The second-order valence-corrected chi connectivity index (χ2v) is 8.98. The largest absolute Gasteiger partial charge is 0.493 e. The average molecular weight is 509 g/mol. The smallest absolute Gasteiger partial charge is 0.294 e. The van der Waals surface area contributed by atoms with E-state index in [2.05, 4.69) is 4.84 Å². The molecule has 2 heterocycles. The summed E-state index contributed by atoms with van der Waals surface area (Å²) >= 11 is 0. The van der Waals surface area contributed by atoms with Crippen molar-refractivity contribution in [1.29, 1.82) is 0 Å². The zero-order valence-electron chi connectivity index (χ0n) is 19.9. The van der Waals surface area contributed by atoms with Gasteiger partial charge in [0.1, 0.15) is 18.2 Å². The number of ether oxygens (including phenoxy) is 3. The number of benzene rings is 3. The lowest BCUT2D eigenvalue weighted by molar-refractivity contribution is -0.763. The fraction of sp³-hybridized carbons (Fsp3) is 0.296. The summed E-state index contributed by atoms with van der Waals surface area (Å²) < 4.78 is 30.5. The first-order valence-corrected chi connectivity index (χ1v) is 11.9. The SMILES string of the molecule is O=C(c1cccc(CO[N+](=O)[O-])c1)N1CC[C@@H](c2ccc(F)cc2)[C@H](COc2ccc3c(c2)OCO3)C1. The molecular weight excluding hydrogens is 483 g/mol. The number of fused-ring (bicyclic) bond motifs is 1. The minimum atomic E-state index is -0.862. The monoisotopic (exact) mass is 508 g/mol. The molecule has 5 rings (SSSR count). The highest BCUT2D eigenvalue weighted by Gasteiger charge is 2.33. The number of likely N-dealkylation sites (tertiary alicyclic amines) is 1. The molecule has 0 saturated carbocycles. The first kappa shape index (κ1) is 24.4. The molecule has 0 spiro atoms. The highest BCUT2D eigenvalue weighted by Crippen LogP contribution is 2.37. The van der Waals surface area contributed by atoms with Crippen LogP contribution in [0.15, 0.2) is 66.7 Å². The summed E-state index contributed by atoms with van der Waals surface area (Å²) in [6, 6.07) is 18.5. The van der Waals surface area contributed by atoms with Gasteiger partial charge in [-0.05, 0) is 59.9 Å². The highest BCUT2D eigenvalue weighted by molar-refractivity contribution is 5.94. The van der Waals surface area contributed by atoms with E-state index in [9.17, 15) is 19.3 Å². The van der Waals surface area contributed by atoms with E-state index in [1.54, 1.807) is 53.4 Å². The van der Waals surface area contributed by atoms with Crippen molar-refractivity contribution in [2.45, 2.75) is 18.9 Å². The van der Waals surface area contributed by atoms with Crippen LogP contribution in [0.5, 0.6) is 17.2 Å². The van der Waals surface area contributed by atoms with Crippen LogP contribution in [0.3, 0.4) is 0 Å². The molecule has 0 aromatic heterocycles. The Morgan fingerprint density at radius 1 is 1.08 bits per heavy atom.